The second kappa shape index (κ2) is 5.10. The molecule has 0 radical (unpaired) electrons. The van der Waals surface area contributed by atoms with Crippen molar-refractivity contribution in [1.29, 1.82) is 0 Å². The fourth-order valence-electron chi connectivity index (χ4n) is 1.29. The molecule has 0 unspecified atom stereocenters. The maximum atomic E-state index is 13.4. The Morgan fingerprint density at radius 3 is 2.76 bits per heavy atom. The molecule has 0 aliphatic heterocycles. The van der Waals surface area contributed by atoms with Gasteiger partial charge in [-0.05, 0) is 18.2 Å². The molecule has 0 aliphatic rings. The molecule has 1 aromatic heterocycles. The molecule has 88 valence electrons. The average molecular weight is 256 g/mol. The predicted octanol–water partition coefficient (Wildman–Crippen LogP) is 3.89. The predicted molar refractivity (Wildman–Crippen MR) is 60.2 cm³/mol. The third kappa shape index (κ3) is 2.53. The van der Waals surface area contributed by atoms with Crippen LogP contribution < -0.4 is 4.74 Å². The molecule has 0 spiro atoms. The molecule has 0 saturated heterocycles. The maximum absolute atomic E-state index is 13.4. The normalized spacial score (nSPS) is 10.3. The minimum Gasteiger partial charge on any atom is -0.452 e. The van der Waals surface area contributed by atoms with Crippen LogP contribution in [0, 0.1) is 11.6 Å². The highest BCUT2D eigenvalue weighted by molar-refractivity contribution is 6.17. The van der Waals surface area contributed by atoms with Gasteiger partial charge in [0.25, 0.3) is 0 Å². The Labute approximate surface area is 102 Å². The molecule has 0 atom stereocenters. The lowest BCUT2D eigenvalue weighted by molar-refractivity contribution is 0.413. The van der Waals surface area contributed by atoms with Gasteiger partial charge < -0.3 is 4.74 Å². The Bertz CT molecular complexity index is 534. The van der Waals surface area contributed by atoms with Crippen molar-refractivity contribution in [2.45, 2.75) is 5.88 Å². The number of pyridine rings is 1. The minimum absolute atomic E-state index is 0.190. The Hall–Kier alpha value is -1.68. The van der Waals surface area contributed by atoms with E-state index < -0.39 is 11.6 Å². The minimum atomic E-state index is -1.03. The van der Waals surface area contributed by atoms with E-state index in [2.05, 4.69) is 4.98 Å². The Kier molecular flexibility index (Phi) is 3.54. The van der Waals surface area contributed by atoms with Gasteiger partial charge in [0.1, 0.15) is 5.75 Å². The van der Waals surface area contributed by atoms with Crippen LogP contribution in [0.2, 0.25) is 0 Å². The molecule has 0 N–H and O–H groups in total. The van der Waals surface area contributed by atoms with E-state index in [-0.39, 0.29) is 11.6 Å². The molecule has 0 bridgehead atoms. The van der Waals surface area contributed by atoms with E-state index in [1.54, 1.807) is 12.3 Å². The number of rotatable bonds is 3. The van der Waals surface area contributed by atoms with Crippen LogP contribution in [0.3, 0.4) is 0 Å². The first-order valence-corrected chi connectivity index (χ1v) is 5.36. The number of ether oxygens (including phenoxy) is 1. The van der Waals surface area contributed by atoms with Crippen LogP contribution in [0.15, 0.2) is 36.7 Å². The van der Waals surface area contributed by atoms with Crippen molar-refractivity contribution in [2.24, 2.45) is 0 Å². The van der Waals surface area contributed by atoms with E-state index in [0.717, 1.165) is 6.07 Å². The van der Waals surface area contributed by atoms with Crippen molar-refractivity contribution in [1.82, 2.24) is 4.98 Å². The van der Waals surface area contributed by atoms with Crippen molar-refractivity contribution in [3.63, 3.8) is 0 Å². The topological polar surface area (TPSA) is 22.1 Å². The molecule has 17 heavy (non-hydrogen) atoms. The van der Waals surface area contributed by atoms with Crippen molar-refractivity contribution < 1.29 is 13.5 Å². The molecule has 0 amide bonds. The zero-order valence-electron chi connectivity index (χ0n) is 8.66. The van der Waals surface area contributed by atoms with Crippen molar-refractivity contribution >= 4 is 11.6 Å². The van der Waals surface area contributed by atoms with Crippen molar-refractivity contribution in [3.8, 4) is 11.5 Å². The number of nitrogens with zero attached hydrogens (tertiary/aromatic N) is 1. The monoisotopic (exact) mass is 255 g/mol. The molecular weight excluding hydrogens is 248 g/mol. The summed E-state index contributed by atoms with van der Waals surface area (Å²) in [6.45, 7) is 0. The van der Waals surface area contributed by atoms with Crippen molar-refractivity contribution in [2.75, 3.05) is 0 Å². The van der Waals surface area contributed by atoms with Gasteiger partial charge in [0.15, 0.2) is 11.6 Å². The summed E-state index contributed by atoms with van der Waals surface area (Å²) >= 11 is 5.69. The molecule has 0 aliphatic carbocycles. The molecule has 2 aromatic rings. The molecular formula is C12H8ClF2NO. The Morgan fingerprint density at radius 1 is 1.18 bits per heavy atom. The summed E-state index contributed by atoms with van der Waals surface area (Å²) in [4.78, 5) is 3.84. The van der Waals surface area contributed by atoms with Gasteiger partial charge in [0.2, 0.25) is 5.82 Å². The highest BCUT2D eigenvalue weighted by Crippen LogP contribution is 2.28. The summed E-state index contributed by atoms with van der Waals surface area (Å²) in [7, 11) is 0. The van der Waals surface area contributed by atoms with E-state index in [9.17, 15) is 8.78 Å². The third-order valence-electron chi connectivity index (χ3n) is 2.15. The molecule has 0 fully saturated rings. The van der Waals surface area contributed by atoms with E-state index in [4.69, 9.17) is 16.3 Å². The Morgan fingerprint density at radius 2 is 2.00 bits per heavy atom. The fourth-order valence-corrected chi connectivity index (χ4v) is 1.51. The first-order chi connectivity index (χ1) is 8.22. The number of halogens is 3. The van der Waals surface area contributed by atoms with Gasteiger partial charge in [-0.25, -0.2) is 4.39 Å². The van der Waals surface area contributed by atoms with Crippen LogP contribution in [0.5, 0.6) is 11.5 Å². The van der Waals surface area contributed by atoms with E-state index in [1.165, 1.54) is 18.3 Å². The second-order valence-corrected chi connectivity index (χ2v) is 3.54. The summed E-state index contributed by atoms with van der Waals surface area (Å²) in [6, 6.07) is 5.38. The van der Waals surface area contributed by atoms with Crippen LogP contribution in [0.1, 0.15) is 5.56 Å². The van der Waals surface area contributed by atoms with Crippen molar-refractivity contribution in [3.05, 3.63) is 53.9 Å². The van der Waals surface area contributed by atoms with Crippen LogP contribution in [-0.2, 0) is 5.88 Å². The maximum Gasteiger partial charge on any atom is 0.201 e. The van der Waals surface area contributed by atoms with Gasteiger partial charge in [0.05, 0.1) is 12.1 Å². The number of alkyl halides is 1. The zero-order chi connectivity index (χ0) is 12.3. The summed E-state index contributed by atoms with van der Waals surface area (Å²) in [5.41, 5.74) is 0.658. The molecule has 2 nitrogen and oxygen atoms in total. The molecule has 1 heterocycles. The van der Waals surface area contributed by atoms with Gasteiger partial charge in [-0.15, -0.1) is 11.6 Å². The van der Waals surface area contributed by atoms with Gasteiger partial charge in [-0.3, -0.25) is 4.98 Å². The number of aromatic nitrogens is 1. The zero-order valence-corrected chi connectivity index (χ0v) is 9.42. The lowest BCUT2D eigenvalue weighted by Gasteiger charge is -2.09. The first kappa shape index (κ1) is 11.8. The molecule has 5 heteroatoms. The average Bonchev–Trinajstić information content (AvgIpc) is 2.35. The number of benzene rings is 1. The van der Waals surface area contributed by atoms with Gasteiger partial charge in [0, 0.05) is 11.8 Å². The first-order valence-electron chi connectivity index (χ1n) is 4.83. The smallest absolute Gasteiger partial charge is 0.201 e. The largest absolute Gasteiger partial charge is 0.452 e. The summed E-state index contributed by atoms with van der Waals surface area (Å²) in [5.74, 6) is -1.67. The van der Waals surface area contributed by atoms with Crippen LogP contribution in [-0.4, -0.2) is 4.98 Å². The molecule has 1 aromatic carbocycles. The molecule has 2 rings (SSSR count). The highest BCUT2D eigenvalue weighted by Gasteiger charge is 2.11. The van der Waals surface area contributed by atoms with Crippen LogP contribution >= 0.6 is 11.6 Å². The van der Waals surface area contributed by atoms with Crippen LogP contribution in [0.4, 0.5) is 8.78 Å². The van der Waals surface area contributed by atoms with Gasteiger partial charge in [-0.2, -0.15) is 4.39 Å². The number of hydrogen-bond donors (Lipinski definition) is 0. The lowest BCUT2D eigenvalue weighted by atomic mass is 10.2. The SMILES string of the molecule is Fc1cccc(Oc2cnccc2CCl)c1F. The lowest BCUT2D eigenvalue weighted by Crippen LogP contribution is -1.94. The van der Waals surface area contributed by atoms with Gasteiger partial charge >= 0.3 is 0 Å². The Balaban J connectivity index is 2.35. The standard InChI is InChI=1S/C12H8ClF2NO/c13-6-8-4-5-16-7-11(8)17-10-3-1-2-9(14)12(10)15/h1-5,7H,6H2. The summed E-state index contributed by atoms with van der Waals surface area (Å²) < 4.78 is 31.6. The molecule has 0 saturated carbocycles. The summed E-state index contributed by atoms with van der Waals surface area (Å²) in [6.07, 6.45) is 2.95. The van der Waals surface area contributed by atoms with E-state index in [1.807, 2.05) is 0 Å². The van der Waals surface area contributed by atoms with Gasteiger partial charge in [-0.1, -0.05) is 6.07 Å². The third-order valence-corrected chi connectivity index (χ3v) is 2.44. The quantitative estimate of drug-likeness (QED) is 0.776. The van der Waals surface area contributed by atoms with E-state index in [0.29, 0.717) is 11.3 Å². The van der Waals surface area contributed by atoms with Crippen LogP contribution in [0.25, 0.3) is 0 Å². The fraction of sp³-hybridized carbons (Fsp3) is 0.0833. The van der Waals surface area contributed by atoms with E-state index >= 15 is 0 Å². The highest BCUT2D eigenvalue weighted by atomic mass is 35.5. The second-order valence-electron chi connectivity index (χ2n) is 3.27. The number of hydrogen-bond acceptors (Lipinski definition) is 2. The summed E-state index contributed by atoms with van der Waals surface area (Å²) in [5, 5.41) is 0.